The smallest absolute Gasteiger partial charge is 0.207 e. The van der Waals surface area contributed by atoms with Gasteiger partial charge < -0.3 is 10.1 Å². The van der Waals surface area contributed by atoms with Crippen LogP contribution in [0.25, 0.3) is 11.3 Å². The van der Waals surface area contributed by atoms with E-state index in [2.05, 4.69) is 18.3 Å². The Balaban J connectivity index is 1.82. The first-order chi connectivity index (χ1) is 13.1. The average molecular weight is 389 g/mol. The second-order valence-corrected chi connectivity index (χ2v) is 7.89. The molecule has 1 N–H and O–H groups in total. The molecule has 6 heteroatoms. The van der Waals surface area contributed by atoms with Gasteiger partial charge in [-0.25, -0.2) is 9.37 Å². The zero-order valence-electron chi connectivity index (χ0n) is 15.2. The fraction of sp³-hybridized carbons (Fsp3) is 0.429. The van der Waals surface area contributed by atoms with Crippen molar-refractivity contribution in [1.82, 2.24) is 10.3 Å². The zero-order valence-corrected chi connectivity index (χ0v) is 15.9. The summed E-state index contributed by atoms with van der Waals surface area (Å²) in [6.07, 6.45) is 4.23. The molecule has 0 spiro atoms. The normalized spacial score (nSPS) is 19.7. The van der Waals surface area contributed by atoms with Crippen LogP contribution in [0, 0.1) is 11.7 Å². The van der Waals surface area contributed by atoms with E-state index in [0.29, 0.717) is 30.3 Å². The van der Waals surface area contributed by atoms with Gasteiger partial charge in [0, 0.05) is 35.2 Å². The van der Waals surface area contributed by atoms with Crippen molar-refractivity contribution in [2.45, 2.75) is 38.0 Å². The van der Waals surface area contributed by atoms with Crippen LogP contribution in [-0.2, 0) is 4.79 Å². The van der Waals surface area contributed by atoms with Gasteiger partial charge in [-0.05, 0) is 37.0 Å². The van der Waals surface area contributed by atoms with Crippen molar-refractivity contribution in [2.75, 3.05) is 13.2 Å². The summed E-state index contributed by atoms with van der Waals surface area (Å²) < 4.78 is 20.0. The number of amides is 1. The lowest BCUT2D eigenvalue weighted by atomic mass is 9.74. The molecule has 27 heavy (non-hydrogen) atoms. The lowest BCUT2D eigenvalue weighted by Gasteiger charge is -2.33. The quantitative estimate of drug-likeness (QED) is 0.732. The van der Waals surface area contributed by atoms with Crippen LogP contribution in [0.3, 0.4) is 0 Å². The number of nitrogens with one attached hydrogen (secondary N) is 1. The summed E-state index contributed by atoms with van der Waals surface area (Å²) in [5.41, 5.74) is 3.34. The molecule has 2 heterocycles. The van der Waals surface area contributed by atoms with Crippen molar-refractivity contribution < 1.29 is 13.9 Å². The molecule has 0 saturated heterocycles. The summed E-state index contributed by atoms with van der Waals surface area (Å²) in [7, 11) is 0. The molecule has 1 aliphatic carbocycles. The molecule has 4 rings (SSSR count). The van der Waals surface area contributed by atoms with Crippen LogP contribution in [0.1, 0.15) is 49.3 Å². The Hall–Kier alpha value is -2.14. The Bertz CT molecular complexity index is 870. The van der Waals surface area contributed by atoms with Crippen LogP contribution >= 0.6 is 11.6 Å². The molecule has 142 valence electrons. The minimum atomic E-state index is -0.473. The largest absolute Gasteiger partial charge is 0.490 e. The highest BCUT2D eigenvalue weighted by atomic mass is 35.5. The number of pyridine rings is 1. The van der Waals surface area contributed by atoms with Crippen LogP contribution in [0.5, 0.6) is 5.75 Å². The maximum Gasteiger partial charge on any atom is 0.207 e. The highest BCUT2D eigenvalue weighted by Gasteiger charge is 2.33. The highest BCUT2D eigenvalue weighted by Crippen LogP contribution is 2.45. The molecular weight excluding hydrogens is 367 g/mol. The van der Waals surface area contributed by atoms with Crippen LogP contribution in [-0.4, -0.2) is 24.5 Å². The van der Waals surface area contributed by atoms with E-state index in [-0.39, 0.29) is 16.9 Å². The fourth-order valence-electron chi connectivity index (χ4n) is 3.95. The van der Waals surface area contributed by atoms with E-state index in [0.717, 1.165) is 36.3 Å². The van der Waals surface area contributed by atoms with E-state index < -0.39 is 5.82 Å². The molecule has 1 aromatic heterocycles. The summed E-state index contributed by atoms with van der Waals surface area (Å²) >= 11 is 5.85. The van der Waals surface area contributed by atoms with Gasteiger partial charge in [-0.15, -0.1) is 0 Å². The molecule has 1 aliphatic heterocycles. The SMILES string of the molecule is CC1COc2c1cc(C(CNC=O)C1CCC1)nc2-c1ccc(Cl)c(F)c1. The molecule has 2 unspecified atom stereocenters. The minimum Gasteiger partial charge on any atom is -0.490 e. The van der Waals surface area contributed by atoms with Gasteiger partial charge in [-0.1, -0.05) is 31.0 Å². The van der Waals surface area contributed by atoms with Gasteiger partial charge in [0.05, 0.1) is 11.6 Å². The number of hydrogen-bond acceptors (Lipinski definition) is 3. The molecule has 0 bridgehead atoms. The second kappa shape index (κ2) is 7.47. The number of fused-ring (bicyclic) bond motifs is 1. The fourth-order valence-corrected chi connectivity index (χ4v) is 4.07. The number of nitrogens with zero attached hydrogens (tertiary/aromatic N) is 1. The molecule has 4 nitrogen and oxygen atoms in total. The lowest BCUT2D eigenvalue weighted by Crippen LogP contribution is -2.30. The predicted octanol–water partition coefficient (Wildman–Crippen LogP) is 4.67. The lowest BCUT2D eigenvalue weighted by molar-refractivity contribution is -0.109. The summed E-state index contributed by atoms with van der Waals surface area (Å²) in [6, 6.07) is 6.83. The number of benzene rings is 1. The van der Waals surface area contributed by atoms with Gasteiger partial charge in [0.1, 0.15) is 17.3 Å². The molecule has 2 aliphatic rings. The van der Waals surface area contributed by atoms with Gasteiger partial charge in [0.25, 0.3) is 0 Å². The number of aromatic nitrogens is 1. The Morgan fingerprint density at radius 1 is 1.41 bits per heavy atom. The van der Waals surface area contributed by atoms with E-state index >= 15 is 0 Å². The van der Waals surface area contributed by atoms with Gasteiger partial charge in [0.2, 0.25) is 6.41 Å². The molecular formula is C21H22ClFN2O2. The van der Waals surface area contributed by atoms with E-state index in [1.807, 2.05) is 0 Å². The van der Waals surface area contributed by atoms with E-state index in [1.54, 1.807) is 12.1 Å². The molecule has 2 aromatic rings. The highest BCUT2D eigenvalue weighted by molar-refractivity contribution is 6.30. The van der Waals surface area contributed by atoms with Crippen molar-refractivity contribution >= 4 is 18.0 Å². The van der Waals surface area contributed by atoms with Crippen LogP contribution in [0.4, 0.5) is 4.39 Å². The average Bonchev–Trinajstić information content (AvgIpc) is 2.99. The second-order valence-electron chi connectivity index (χ2n) is 7.48. The van der Waals surface area contributed by atoms with Gasteiger partial charge in [0.15, 0.2) is 0 Å². The summed E-state index contributed by atoms with van der Waals surface area (Å²) in [5, 5.41) is 2.91. The third-order valence-corrected chi connectivity index (χ3v) is 6.05. The number of halogens is 2. The maximum absolute atomic E-state index is 14.1. The van der Waals surface area contributed by atoms with E-state index in [9.17, 15) is 9.18 Å². The predicted molar refractivity (Wildman–Crippen MR) is 103 cm³/mol. The van der Waals surface area contributed by atoms with Crippen LogP contribution < -0.4 is 10.1 Å². The Morgan fingerprint density at radius 2 is 2.22 bits per heavy atom. The third kappa shape index (κ3) is 3.41. The summed E-state index contributed by atoms with van der Waals surface area (Å²) in [6.45, 7) is 3.26. The molecule has 1 fully saturated rings. The third-order valence-electron chi connectivity index (χ3n) is 5.74. The number of carbonyl (C=O) groups is 1. The van der Waals surface area contributed by atoms with Gasteiger partial charge in [-0.3, -0.25) is 4.79 Å². The zero-order chi connectivity index (χ0) is 19.0. The molecule has 1 saturated carbocycles. The van der Waals surface area contributed by atoms with E-state index in [4.69, 9.17) is 21.3 Å². The molecule has 1 aromatic carbocycles. The van der Waals surface area contributed by atoms with Crippen molar-refractivity contribution in [3.63, 3.8) is 0 Å². The molecule has 1 amide bonds. The van der Waals surface area contributed by atoms with Gasteiger partial charge >= 0.3 is 0 Å². The Morgan fingerprint density at radius 3 is 2.89 bits per heavy atom. The van der Waals surface area contributed by atoms with Crippen molar-refractivity contribution in [3.8, 4) is 17.0 Å². The van der Waals surface area contributed by atoms with Crippen LogP contribution in [0.2, 0.25) is 5.02 Å². The number of hydrogen-bond donors (Lipinski definition) is 1. The Labute approximate surface area is 163 Å². The first-order valence-corrected chi connectivity index (χ1v) is 9.76. The summed E-state index contributed by atoms with van der Waals surface area (Å²) in [5.74, 6) is 1.16. The number of carbonyl (C=O) groups excluding carboxylic acids is 1. The van der Waals surface area contributed by atoms with Gasteiger partial charge in [-0.2, -0.15) is 0 Å². The topological polar surface area (TPSA) is 51.2 Å². The monoisotopic (exact) mass is 388 g/mol. The molecule has 0 radical (unpaired) electrons. The van der Waals surface area contributed by atoms with Crippen molar-refractivity contribution in [1.29, 1.82) is 0 Å². The summed E-state index contributed by atoms with van der Waals surface area (Å²) in [4.78, 5) is 15.7. The first-order valence-electron chi connectivity index (χ1n) is 9.38. The number of ether oxygens (including phenoxy) is 1. The van der Waals surface area contributed by atoms with Crippen molar-refractivity contribution in [2.24, 2.45) is 5.92 Å². The Kier molecular flexibility index (Phi) is 5.04. The van der Waals surface area contributed by atoms with Crippen molar-refractivity contribution in [3.05, 3.63) is 46.4 Å². The molecule has 2 atom stereocenters. The number of rotatable bonds is 6. The maximum atomic E-state index is 14.1. The van der Waals surface area contributed by atoms with Crippen LogP contribution in [0.15, 0.2) is 24.3 Å². The first kappa shape index (κ1) is 18.2. The minimum absolute atomic E-state index is 0.0864. The standard InChI is InChI=1S/C21H22ClFN2O2/c1-12-10-27-21-15(12)8-19(16(9-24-11-26)13-3-2-4-13)25-20(21)14-5-6-17(22)18(23)7-14/h5-8,11-13,16H,2-4,9-10H2,1H3,(H,24,26). The van der Waals surface area contributed by atoms with E-state index in [1.165, 1.54) is 12.5 Å².